The van der Waals surface area contributed by atoms with Crippen molar-refractivity contribution >= 4 is 27.4 Å². The first kappa shape index (κ1) is 15.3. The van der Waals surface area contributed by atoms with Crippen LogP contribution >= 0.6 is 11.6 Å². The van der Waals surface area contributed by atoms with Crippen LogP contribution in [0.4, 0.5) is 0 Å². The van der Waals surface area contributed by atoms with E-state index in [1.165, 1.54) is 24.3 Å². The smallest absolute Gasteiger partial charge is 0.323 e. The van der Waals surface area contributed by atoms with Crippen molar-refractivity contribution in [1.82, 2.24) is 5.32 Å². The number of halogens is 1. The Morgan fingerprint density at radius 2 is 1.90 bits per heavy atom. The highest BCUT2D eigenvalue weighted by Crippen LogP contribution is 2.31. The molecule has 1 saturated carbocycles. The van der Waals surface area contributed by atoms with Gasteiger partial charge in [0.1, 0.15) is 5.54 Å². The third kappa shape index (κ3) is 3.13. The van der Waals surface area contributed by atoms with Crippen molar-refractivity contribution in [1.29, 1.82) is 0 Å². The van der Waals surface area contributed by atoms with E-state index in [-0.39, 0.29) is 17.2 Å². The molecule has 5 nitrogen and oxygen atoms in total. The number of rotatable bonds is 6. The lowest BCUT2D eigenvalue weighted by Gasteiger charge is -2.38. The molecule has 0 spiro atoms. The Morgan fingerprint density at radius 3 is 2.35 bits per heavy atom. The van der Waals surface area contributed by atoms with Gasteiger partial charge in [-0.1, -0.05) is 11.6 Å². The van der Waals surface area contributed by atoms with Crippen LogP contribution in [-0.4, -0.2) is 37.3 Å². The van der Waals surface area contributed by atoms with Crippen molar-refractivity contribution in [3.8, 4) is 0 Å². The Hall–Kier alpha value is -1.11. The second kappa shape index (κ2) is 5.71. The molecule has 0 aliphatic heterocycles. The van der Waals surface area contributed by atoms with Crippen LogP contribution in [0.5, 0.6) is 0 Å². The first-order valence-electron chi connectivity index (χ1n) is 6.32. The highest BCUT2D eigenvalue weighted by Gasteiger charge is 2.43. The van der Waals surface area contributed by atoms with Crippen molar-refractivity contribution in [2.24, 2.45) is 0 Å². The van der Waals surface area contributed by atoms with Gasteiger partial charge in [0.05, 0.1) is 10.6 Å². The summed E-state index contributed by atoms with van der Waals surface area (Å²) in [4.78, 5) is 11.3. The normalized spacial score (nSPS) is 17.4. The molecule has 0 heterocycles. The van der Waals surface area contributed by atoms with Gasteiger partial charge in [0.15, 0.2) is 9.84 Å². The van der Waals surface area contributed by atoms with E-state index >= 15 is 0 Å². The molecule has 0 unspecified atom stereocenters. The number of nitrogens with one attached hydrogen (secondary N) is 1. The molecule has 2 rings (SSSR count). The zero-order chi connectivity index (χ0) is 14.8. The molecule has 0 radical (unpaired) electrons. The molecule has 20 heavy (non-hydrogen) atoms. The average Bonchev–Trinajstić information content (AvgIpc) is 2.32. The molecule has 0 atom stereocenters. The summed E-state index contributed by atoms with van der Waals surface area (Å²) in [5, 5.41) is 12.5. The Morgan fingerprint density at radius 1 is 1.30 bits per heavy atom. The molecule has 1 aromatic rings. The number of hydrogen-bond acceptors (Lipinski definition) is 4. The third-order valence-corrected chi connectivity index (χ3v) is 5.61. The minimum absolute atomic E-state index is 0.122. The second-order valence-corrected chi connectivity index (χ2v) is 7.49. The van der Waals surface area contributed by atoms with Gasteiger partial charge in [0, 0.05) is 11.6 Å². The molecule has 0 amide bonds. The Bertz CT molecular complexity index is 593. The van der Waals surface area contributed by atoms with E-state index in [0.29, 0.717) is 17.9 Å². The first-order valence-corrected chi connectivity index (χ1v) is 8.36. The van der Waals surface area contributed by atoms with E-state index < -0.39 is 21.3 Å². The maximum absolute atomic E-state index is 12.1. The molecular weight excluding hydrogens is 302 g/mol. The van der Waals surface area contributed by atoms with Crippen molar-refractivity contribution < 1.29 is 18.3 Å². The molecule has 0 aromatic heterocycles. The summed E-state index contributed by atoms with van der Waals surface area (Å²) >= 11 is 5.71. The Labute approximate surface area is 122 Å². The van der Waals surface area contributed by atoms with E-state index in [2.05, 4.69) is 5.32 Å². The lowest BCUT2D eigenvalue weighted by molar-refractivity contribution is -0.148. The molecule has 110 valence electrons. The Kier molecular flexibility index (Phi) is 4.36. The van der Waals surface area contributed by atoms with Crippen molar-refractivity contribution in [3.63, 3.8) is 0 Å². The lowest BCUT2D eigenvalue weighted by atomic mass is 9.77. The number of hydrogen-bond donors (Lipinski definition) is 2. The zero-order valence-electron chi connectivity index (χ0n) is 10.8. The third-order valence-electron chi connectivity index (χ3n) is 3.62. The summed E-state index contributed by atoms with van der Waals surface area (Å²) in [5.41, 5.74) is -0.935. The van der Waals surface area contributed by atoms with Crippen LogP contribution in [0.15, 0.2) is 29.2 Å². The fourth-order valence-corrected chi connectivity index (χ4v) is 3.46. The van der Waals surface area contributed by atoms with Gasteiger partial charge in [-0.25, -0.2) is 8.42 Å². The standard InChI is InChI=1S/C13H16ClNO4S/c14-10-2-4-11(5-3-10)20(18,19)9-8-15-13(12(16)17)6-1-7-13/h2-5,15H,1,6-9H2,(H,16,17). The second-order valence-electron chi connectivity index (χ2n) is 4.94. The number of benzene rings is 1. The van der Waals surface area contributed by atoms with Gasteiger partial charge in [-0.2, -0.15) is 0 Å². The minimum Gasteiger partial charge on any atom is -0.480 e. The number of carbonyl (C=O) groups is 1. The van der Waals surface area contributed by atoms with Gasteiger partial charge < -0.3 is 10.4 Å². The highest BCUT2D eigenvalue weighted by atomic mass is 35.5. The van der Waals surface area contributed by atoms with Gasteiger partial charge in [-0.15, -0.1) is 0 Å². The van der Waals surface area contributed by atoms with Gasteiger partial charge in [0.25, 0.3) is 0 Å². The lowest BCUT2D eigenvalue weighted by Crippen LogP contribution is -2.58. The maximum Gasteiger partial charge on any atom is 0.323 e. The number of aliphatic carboxylic acids is 1. The highest BCUT2D eigenvalue weighted by molar-refractivity contribution is 7.91. The van der Waals surface area contributed by atoms with Gasteiger partial charge in [-0.3, -0.25) is 4.79 Å². The van der Waals surface area contributed by atoms with E-state index in [1.54, 1.807) is 0 Å². The SMILES string of the molecule is O=C(O)C1(NCCS(=O)(=O)c2ccc(Cl)cc2)CCC1. The van der Waals surface area contributed by atoms with E-state index in [1.807, 2.05) is 0 Å². The topological polar surface area (TPSA) is 83.5 Å². The zero-order valence-corrected chi connectivity index (χ0v) is 12.4. The number of carboxylic acids is 1. The fraction of sp³-hybridized carbons (Fsp3) is 0.462. The van der Waals surface area contributed by atoms with Crippen molar-refractivity contribution in [2.75, 3.05) is 12.3 Å². The van der Waals surface area contributed by atoms with E-state index in [0.717, 1.165) is 6.42 Å². The van der Waals surface area contributed by atoms with E-state index in [4.69, 9.17) is 16.7 Å². The molecule has 7 heteroatoms. The largest absolute Gasteiger partial charge is 0.480 e. The van der Waals surface area contributed by atoms with Crippen LogP contribution < -0.4 is 5.32 Å². The predicted octanol–water partition coefficient (Wildman–Crippen LogP) is 1.71. The van der Waals surface area contributed by atoms with Crippen LogP contribution in [0, 0.1) is 0 Å². The summed E-state index contributed by atoms with van der Waals surface area (Å²) in [6.07, 6.45) is 1.94. The molecular formula is C13H16ClNO4S. The van der Waals surface area contributed by atoms with Crippen LogP contribution in [0.1, 0.15) is 19.3 Å². The number of carboxylic acid groups (broad SMARTS) is 1. The molecule has 1 fully saturated rings. The summed E-state index contributed by atoms with van der Waals surface area (Å²) in [7, 11) is -3.42. The molecule has 2 N–H and O–H groups in total. The van der Waals surface area contributed by atoms with Crippen LogP contribution in [0.25, 0.3) is 0 Å². The summed E-state index contributed by atoms with van der Waals surface area (Å²) in [5.74, 6) is -1.04. The number of sulfone groups is 1. The van der Waals surface area contributed by atoms with Crippen LogP contribution in [-0.2, 0) is 14.6 Å². The van der Waals surface area contributed by atoms with E-state index in [9.17, 15) is 13.2 Å². The summed E-state index contributed by atoms with van der Waals surface area (Å²) < 4.78 is 24.2. The van der Waals surface area contributed by atoms with Crippen molar-refractivity contribution in [3.05, 3.63) is 29.3 Å². The fourth-order valence-electron chi connectivity index (χ4n) is 2.18. The molecule has 0 bridgehead atoms. The molecule has 0 saturated heterocycles. The predicted molar refractivity (Wildman–Crippen MR) is 75.7 cm³/mol. The van der Waals surface area contributed by atoms with Gasteiger partial charge >= 0.3 is 5.97 Å². The summed E-state index contributed by atoms with van der Waals surface area (Å²) in [6.45, 7) is 0.122. The molecule has 1 aliphatic rings. The van der Waals surface area contributed by atoms with Gasteiger partial charge in [0.2, 0.25) is 0 Å². The van der Waals surface area contributed by atoms with Crippen molar-refractivity contribution in [2.45, 2.75) is 29.7 Å². The maximum atomic E-state index is 12.1. The average molecular weight is 318 g/mol. The summed E-state index contributed by atoms with van der Waals surface area (Å²) in [6, 6.07) is 5.95. The monoisotopic (exact) mass is 317 g/mol. The quantitative estimate of drug-likeness (QED) is 0.834. The molecule has 1 aliphatic carbocycles. The van der Waals surface area contributed by atoms with Crippen LogP contribution in [0.2, 0.25) is 5.02 Å². The Balaban J connectivity index is 1.96. The van der Waals surface area contributed by atoms with Gasteiger partial charge in [-0.05, 0) is 43.5 Å². The first-order chi connectivity index (χ1) is 9.36. The molecule has 1 aromatic carbocycles. The minimum atomic E-state index is -3.42. The van der Waals surface area contributed by atoms with Crippen LogP contribution in [0.3, 0.4) is 0 Å².